The van der Waals surface area contributed by atoms with Crippen LogP contribution in [0.15, 0.2) is 36.5 Å². The maximum atomic E-state index is 4.59. The Hall–Kier alpha value is -1.74. The minimum Gasteiger partial charge on any atom is -0.310 e. The van der Waals surface area contributed by atoms with Gasteiger partial charge in [-0.3, -0.25) is 0 Å². The van der Waals surface area contributed by atoms with Crippen LogP contribution in [0.3, 0.4) is 0 Å². The van der Waals surface area contributed by atoms with E-state index in [1.54, 1.807) is 0 Å². The van der Waals surface area contributed by atoms with Crippen molar-refractivity contribution in [2.75, 3.05) is 0 Å². The molecular weight excluding hydrogens is 222 g/mol. The Balaban J connectivity index is 1.79. The maximum absolute atomic E-state index is 4.59. The molecule has 2 aromatic rings. The van der Waals surface area contributed by atoms with Gasteiger partial charge in [0, 0.05) is 35.6 Å². The summed E-state index contributed by atoms with van der Waals surface area (Å²) in [6.45, 7) is 2.93. The molecule has 1 aliphatic rings. The summed E-state index contributed by atoms with van der Waals surface area (Å²) in [7, 11) is 0. The SMILES string of the molecule is Cc1nc(-c2ccccc2)ncc1CNC1CC1. The van der Waals surface area contributed by atoms with Gasteiger partial charge in [-0.2, -0.15) is 0 Å². The number of nitrogens with zero attached hydrogens (tertiary/aromatic N) is 2. The summed E-state index contributed by atoms with van der Waals surface area (Å²) in [6, 6.07) is 10.8. The molecule has 18 heavy (non-hydrogen) atoms. The van der Waals surface area contributed by atoms with Crippen molar-refractivity contribution in [2.24, 2.45) is 0 Å². The highest BCUT2D eigenvalue weighted by Gasteiger charge is 2.20. The fraction of sp³-hybridized carbons (Fsp3) is 0.333. The number of hydrogen-bond donors (Lipinski definition) is 1. The number of hydrogen-bond acceptors (Lipinski definition) is 3. The molecule has 3 nitrogen and oxygen atoms in total. The van der Waals surface area contributed by atoms with Gasteiger partial charge >= 0.3 is 0 Å². The second-order valence-electron chi connectivity index (χ2n) is 4.83. The highest BCUT2D eigenvalue weighted by Crippen LogP contribution is 2.20. The zero-order chi connectivity index (χ0) is 12.4. The molecule has 0 amide bonds. The van der Waals surface area contributed by atoms with Crippen LogP contribution in [0.1, 0.15) is 24.1 Å². The number of rotatable bonds is 4. The van der Waals surface area contributed by atoms with E-state index in [1.165, 1.54) is 18.4 Å². The van der Waals surface area contributed by atoms with Gasteiger partial charge in [-0.25, -0.2) is 9.97 Å². The molecule has 0 aliphatic heterocycles. The van der Waals surface area contributed by atoms with Crippen LogP contribution in [0.25, 0.3) is 11.4 Å². The quantitative estimate of drug-likeness (QED) is 0.891. The van der Waals surface area contributed by atoms with E-state index in [2.05, 4.69) is 22.2 Å². The molecule has 3 heteroatoms. The smallest absolute Gasteiger partial charge is 0.159 e. The molecule has 0 bridgehead atoms. The fourth-order valence-corrected chi connectivity index (χ4v) is 1.93. The summed E-state index contributed by atoms with van der Waals surface area (Å²) in [6.07, 6.45) is 4.56. The number of aryl methyl sites for hydroxylation is 1. The van der Waals surface area contributed by atoms with Crippen molar-refractivity contribution in [1.29, 1.82) is 0 Å². The van der Waals surface area contributed by atoms with Crippen molar-refractivity contribution in [3.05, 3.63) is 47.8 Å². The van der Waals surface area contributed by atoms with Gasteiger partial charge in [-0.1, -0.05) is 30.3 Å². The van der Waals surface area contributed by atoms with Gasteiger partial charge in [0.2, 0.25) is 0 Å². The lowest BCUT2D eigenvalue weighted by atomic mass is 10.2. The van der Waals surface area contributed by atoms with Crippen molar-refractivity contribution < 1.29 is 0 Å². The van der Waals surface area contributed by atoms with Crippen LogP contribution < -0.4 is 5.32 Å². The normalized spacial score (nSPS) is 14.7. The van der Waals surface area contributed by atoms with Crippen LogP contribution in [0, 0.1) is 6.92 Å². The van der Waals surface area contributed by atoms with Gasteiger partial charge in [-0.05, 0) is 19.8 Å². The molecule has 1 aromatic heterocycles. The molecule has 1 aliphatic carbocycles. The average molecular weight is 239 g/mol. The number of aromatic nitrogens is 2. The van der Waals surface area contributed by atoms with E-state index in [0.717, 1.165) is 29.7 Å². The first kappa shape index (κ1) is 11.4. The number of nitrogens with one attached hydrogen (secondary N) is 1. The zero-order valence-electron chi connectivity index (χ0n) is 10.6. The molecular formula is C15H17N3. The van der Waals surface area contributed by atoms with Crippen molar-refractivity contribution in [3.63, 3.8) is 0 Å². The molecule has 1 saturated carbocycles. The molecule has 0 atom stereocenters. The van der Waals surface area contributed by atoms with Crippen LogP contribution in [0.4, 0.5) is 0 Å². The Morgan fingerprint density at radius 1 is 1.22 bits per heavy atom. The summed E-state index contributed by atoms with van der Waals surface area (Å²) in [4.78, 5) is 9.05. The van der Waals surface area contributed by atoms with E-state index in [-0.39, 0.29) is 0 Å². The van der Waals surface area contributed by atoms with E-state index in [4.69, 9.17) is 0 Å². The predicted molar refractivity (Wildman–Crippen MR) is 72.1 cm³/mol. The molecule has 0 saturated heterocycles. The van der Waals surface area contributed by atoms with Gasteiger partial charge in [0.1, 0.15) is 0 Å². The summed E-state index contributed by atoms with van der Waals surface area (Å²) in [5.74, 6) is 0.809. The first-order valence-electron chi connectivity index (χ1n) is 6.44. The molecule has 1 aromatic carbocycles. The molecule has 1 fully saturated rings. The van der Waals surface area contributed by atoms with Crippen molar-refractivity contribution in [3.8, 4) is 11.4 Å². The zero-order valence-corrected chi connectivity index (χ0v) is 10.6. The third-order valence-corrected chi connectivity index (χ3v) is 3.27. The minimum atomic E-state index is 0.721. The highest BCUT2D eigenvalue weighted by atomic mass is 15.0. The van der Waals surface area contributed by atoms with E-state index in [9.17, 15) is 0 Å². The third kappa shape index (κ3) is 2.57. The van der Waals surface area contributed by atoms with Gasteiger partial charge < -0.3 is 5.32 Å². The van der Waals surface area contributed by atoms with Crippen LogP contribution in [-0.4, -0.2) is 16.0 Å². The molecule has 1 N–H and O–H groups in total. The summed E-state index contributed by atoms with van der Waals surface area (Å²) < 4.78 is 0. The van der Waals surface area contributed by atoms with Crippen molar-refractivity contribution in [1.82, 2.24) is 15.3 Å². The van der Waals surface area contributed by atoms with E-state index < -0.39 is 0 Å². The van der Waals surface area contributed by atoms with E-state index in [1.807, 2.05) is 36.5 Å². The first-order valence-corrected chi connectivity index (χ1v) is 6.44. The van der Waals surface area contributed by atoms with Crippen LogP contribution >= 0.6 is 0 Å². The first-order chi connectivity index (χ1) is 8.83. The summed E-state index contributed by atoms with van der Waals surface area (Å²) in [5, 5.41) is 3.49. The Kier molecular flexibility index (Phi) is 3.07. The molecule has 0 unspecified atom stereocenters. The second kappa shape index (κ2) is 4.86. The van der Waals surface area contributed by atoms with Crippen molar-refractivity contribution in [2.45, 2.75) is 32.4 Å². The number of benzene rings is 1. The lowest BCUT2D eigenvalue weighted by Gasteiger charge is -2.07. The Morgan fingerprint density at radius 3 is 2.67 bits per heavy atom. The summed E-state index contributed by atoms with van der Waals surface area (Å²) >= 11 is 0. The summed E-state index contributed by atoms with van der Waals surface area (Å²) in [5.41, 5.74) is 3.33. The largest absolute Gasteiger partial charge is 0.310 e. The maximum Gasteiger partial charge on any atom is 0.159 e. The molecule has 1 heterocycles. The standard InChI is InChI=1S/C15H17N3/c1-11-13(9-16-14-7-8-14)10-17-15(18-11)12-5-3-2-4-6-12/h2-6,10,14,16H,7-9H2,1H3. The van der Waals surface area contributed by atoms with Crippen LogP contribution in [-0.2, 0) is 6.54 Å². The molecule has 3 rings (SSSR count). The minimum absolute atomic E-state index is 0.721. The van der Waals surface area contributed by atoms with Crippen LogP contribution in [0.2, 0.25) is 0 Å². The van der Waals surface area contributed by atoms with Gasteiger partial charge in [0.15, 0.2) is 5.82 Å². The Morgan fingerprint density at radius 2 is 2.00 bits per heavy atom. The Labute approximate surface area is 107 Å². The van der Waals surface area contributed by atoms with Gasteiger partial charge in [-0.15, -0.1) is 0 Å². The third-order valence-electron chi connectivity index (χ3n) is 3.27. The van der Waals surface area contributed by atoms with E-state index in [0.29, 0.717) is 0 Å². The van der Waals surface area contributed by atoms with Crippen molar-refractivity contribution >= 4 is 0 Å². The Bertz CT molecular complexity index is 533. The van der Waals surface area contributed by atoms with E-state index >= 15 is 0 Å². The van der Waals surface area contributed by atoms with Gasteiger partial charge in [0.05, 0.1) is 0 Å². The monoisotopic (exact) mass is 239 g/mol. The van der Waals surface area contributed by atoms with Crippen LogP contribution in [0.5, 0.6) is 0 Å². The lowest BCUT2D eigenvalue weighted by molar-refractivity contribution is 0.680. The molecule has 92 valence electrons. The topological polar surface area (TPSA) is 37.8 Å². The predicted octanol–water partition coefficient (Wildman–Crippen LogP) is 2.70. The average Bonchev–Trinajstić information content (AvgIpc) is 3.22. The van der Waals surface area contributed by atoms with Gasteiger partial charge in [0.25, 0.3) is 0 Å². The second-order valence-corrected chi connectivity index (χ2v) is 4.83. The molecule has 0 radical (unpaired) electrons. The molecule has 0 spiro atoms. The highest BCUT2D eigenvalue weighted by molar-refractivity contribution is 5.54. The lowest BCUT2D eigenvalue weighted by Crippen LogP contribution is -2.16. The fourth-order valence-electron chi connectivity index (χ4n) is 1.93.